The minimum atomic E-state index is -0.277. The van der Waals surface area contributed by atoms with E-state index in [4.69, 9.17) is 33.7 Å². The number of hydrogen-bond donors (Lipinski definition) is 1. The van der Waals surface area contributed by atoms with Gasteiger partial charge in [-0.25, -0.2) is 0 Å². The van der Waals surface area contributed by atoms with E-state index in [9.17, 15) is 0 Å². The molecule has 0 aliphatic rings. The molecule has 2 nitrogen and oxygen atoms in total. The lowest BCUT2D eigenvalue weighted by molar-refractivity contribution is 0.184. The highest BCUT2D eigenvalue weighted by atomic mass is 79.9. The van der Waals surface area contributed by atoms with Crippen molar-refractivity contribution in [3.05, 3.63) is 47.4 Å². The minimum Gasteiger partial charge on any atom is -0.482 e. The molecule has 0 aliphatic carbocycles. The maximum atomic E-state index is 6.18. The van der Waals surface area contributed by atoms with Gasteiger partial charge in [-0.2, -0.15) is 0 Å². The summed E-state index contributed by atoms with van der Waals surface area (Å²) in [6, 6.07) is 5.21. The molecule has 1 aromatic heterocycles. The standard InChI is InChI=1S/C13H11Br2Cl2NOS/c1-6(18)13(12-2-7(14)5-20-12)19-11-4-9(16)8(15)3-10(11)17/h2-6,13H,18H2,1H3. The lowest BCUT2D eigenvalue weighted by Gasteiger charge is -2.22. The van der Waals surface area contributed by atoms with Crippen LogP contribution in [0.5, 0.6) is 5.75 Å². The zero-order valence-electron chi connectivity index (χ0n) is 10.4. The fraction of sp³-hybridized carbons (Fsp3) is 0.231. The van der Waals surface area contributed by atoms with Crippen LogP contribution in [0.4, 0.5) is 0 Å². The number of halogens is 4. The summed E-state index contributed by atoms with van der Waals surface area (Å²) < 4.78 is 7.70. The molecule has 0 saturated carbocycles. The highest BCUT2D eigenvalue weighted by Crippen LogP contribution is 2.38. The Morgan fingerprint density at radius 3 is 2.45 bits per heavy atom. The normalized spacial score (nSPS) is 14.1. The van der Waals surface area contributed by atoms with Gasteiger partial charge in [-0.15, -0.1) is 11.3 Å². The topological polar surface area (TPSA) is 35.2 Å². The Morgan fingerprint density at radius 2 is 1.90 bits per heavy atom. The second kappa shape index (κ2) is 6.99. The van der Waals surface area contributed by atoms with Crippen LogP contribution in [-0.2, 0) is 0 Å². The molecule has 0 aliphatic heterocycles. The Balaban J connectivity index is 2.32. The molecule has 0 saturated heterocycles. The molecule has 7 heteroatoms. The maximum Gasteiger partial charge on any atom is 0.148 e. The Kier molecular flexibility index (Phi) is 5.79. The van der Waals surface area contributed by atoms with E-state index in [1.807, 2.05) is 18.4 Å². The molecule has 0 amide bonds. The summed E-state index contributed by atoms with van der Waals surface area (Å²) in [7, 11) is 0. The molecule has 0 bridgehead atoms. The summed E-state index contributed by atoms with van der Waals surface area (Å²) in [5.74, 6) is 0.520. The average molecular weight is 460 g/mol. The third kappa shape index (κ3) is 3.90. The van der Waals surface area contributed by atoms with E-state index >= 15 is 0 Å². The highest BCUT2D eigenvalue weighted by Gasteiger charge is 2.22. The molecule has 0 radical (unpaired) electrons. The van der Waals surface area contributed by atoms with Gasteiger partial charge < -0.3 is 10.5 Å². The first-order valence-electron chi connectivity index (χ1n) is 5.69. The molecule has 0 fully saturated rings. The van der Waals surface area contributed by atoms with Crippen LogP contribution >= 0.6 is 66.4 Å². The summed E-state index contributed by atoms with van der Waals surface area (Å²) in [5, 5.41) is 3.02. The zero-order chi connectivity index (χ0) is 14.9. The Hall–Kier alpha value is 0.220. The van der Waals surface area contributed by atoms with Gasteiger partial charge in [0.15, 0.2) is 0 Å². The zero-order valence-corrected chi connectivity index (χ0v) is 15.9. The first-order chi connectivity index (χ1) is 9.38. The number of ether oxygens (including phenoxy) is 1. The van der Waals surface area contributed by atoms with Crippen LogP contribution in [0.3, 0.4) is 0 Å². The van der Waals surface area contributed by atoms with Gasteiger partial charge in [-0.1, -0.05) is 23.2 Å². The molecule has 1 heterocycles. The molecule has 2 N–H and O–H groups in total. The predicted octanol–water partition coefficient (Wildman–Crippen LogP) is 6.05. The van der Waals surface area contributed by atoms with Crippen LogP contribution in [-0.4, -0.2) is 6.04 Å². The monoisotopic (exact) mass is 457 g/mol. The largest absolute Gasteiger partial charge is 0.482 e. The minimum absolute atomic E-state index is 0.181. The number of thiophene rings is 1. The quantitative estimate of drug-likeness (QED) is 0.565. The van der Waals surface area contributed by atoms with Gasteiger partial charge in [0.2, 0.25) is 0 Å². The van der Waals surface area contributed by atoms with Gasteiger partial charge in [0.25, 0.3) is 0 Å². The van der Waals surface area contributed by atoms with E-state index < -0.39 is 0 Å². The molecule has 0 spiro atoms. The lowest BCUT2D eigenvalue weighted by Crippen LogP contribution is -2.28. The lowest BCUT2D eigenvalue weighted by atomic mass is 10.1. The van der Waals surface area contributed by atoms with Crippen molar-refractivity contribution < 1.29 is 4.74 Å². The summed E-state index contributed by atoms with van der Waals surface area (Å²) in [4.78, 5) is 1.03. The summed E-state index contributed by atoms with van der Waals surface area (Å²) in [6.45, 7) is 1.90. The second-order valence-electron chi connectivity index (χ2n) is 4.26. The molecular weight excluding hydrogens is 449 g/mol. The maximum absolute atomic E-state index is 6.18. The van der Waals surface area contributed by atoms with Crippen molar-refractivity contribution in [3.63, 3.8) is 0 Å². The van der Waals surface area contributed by atoms with Crippen molar-refractivity contribution in [1.82, 2.24) is 0 Å². The van der Waals surface area contributed by atoms with Crippen LogP contribution in [0.15, 0.2) is 32.5 Å². The SMILES string of the molecule is CC(N)C(Oc1cc(Cl)c(Br)cc1Cl)c1cc(Br)cs1. The van der Waals surface area contributed by atoms with E-state index in [1.165, 1.54) is 0 Å². The van der Waals surface area contributed by atoms with Gasteiger partial charge in [-0.05, 0) is 50.9 Å². The Labute approximate surface area is 148 Å². The third-order valence-electron chi connectivity index (χ3n) is 2.57. The molecule has 108 valence electrons. The average Bonchev–Trinajstić information content (AvgIpc) is 2.78. The van der Waals surface area contributed by atoms with Crippen molar-refractivity contribution in [2.24, 2.45) is 5.73 Å². The van der Waals surface area contributed by atoms with Crippen LogP contribution in [0.2, 0.25) is 10.0 Å². The van der Waals surface area contributed by atoms with E-state index in [0.717, 1.165) is 13.8 Å². The van der Waals surface area contributed by atoms with Gasteiger partial charge in [0, 0.05) is 31.3 Å². The predicted molar refractivity (Wildman–Crippen MR) is 93.2 cm³/mol. The van der Waals surface area contributed by atoms with Crippen molar-refractivity contribution in [3.8, 4) is 5.75 Å². The van der Waals surface area contributed by atoms with Crippen LogP contribution in [0.1, 0.15) is 17.9 Å². The van der Waals surface area contributed by atoms with Gasteiger partial charge in [0.1, 0.15) is 11.9 Å². The molecule has 1 aromatic carbocycles. The molecule has 2 aromatic rings. The first kappa shape index (κ1) is 16.6. The molecule has 2 atom stereocenters. The Bertz CT molecular complexity index is 618. The summed E-state index contributed by atoms with van der Waals surface area (Å²) in [5.41, 5.74) is 6.02. The number of hydrogen-bond acceptors (Lipinski definition) is 3. The smallest absolute Gasteiger partial charge is 0.148 e. The van der Waals surface area contributed by atoms with Gasteiger partial charge in [-0.3, -0.25) is 0 Å². The first-order valence-corrected chi connectivity index (χ1v) is 8.91. The van der Waals surface area contributed by atoms with Crippen LogP contribution < -0.4 is 10.5 Å². The second-order valence-corrected chi connectivity index (χ2v) is 7.79. The summed E-state index contributed by atoms with van der Waals surface area (Å²) >= 11 is 20.6. The summed E-state index contributed by atoms with van der Waals surface area (Å²) in [6.07, 6.45) is -0.277. The van der Waals surface area contributed by atoms with Crippen molar-refractivity contribution in [2.75, 3.05) is 0 Å². The van der Waals surface area contributed by atoms with Crippen molar-refractivity contribution >= 4 is 66.4 Å². The van der Waals surface area contributed by atoms with Crippen LogP contribution in [0, 0.1) is 0 Å². The number of benzene rings is 1. The molecular formula is C13H11Br2Cl2NOS. The highest BCUT2D eigenvalue weighted by molar-refractivity contribution is 9.10. The van der Waals surface area contributed by atoms with E-state index in [0.29, 0.717) is 15.8 Å². The Morgan fingerprint density at radius 1 is 1.20 bits per heavy atom. The number of nitrogens with two attached hydrogens (primary N) is 1. The van der Waals surface area contributed by atoms with Crippen LogP contribution in [0.25, 0.3) is 0 Å². The molecule has 2 unspecified atom stereocenters. The van der Waals surface area contributed by atoms with E-state index in [1.54, 1.807) is 23.5 Å². The van der Waals surface area contributed by atoms with Crippen molar-refractivity contribution in [1.29, 1.82) is 0 Å². The fourth-order valence-corrected chi connectivity index (χ4v) is 4.06. The van der Waals surface area contributed by atoms with Crippen molar-refractivity contribution in [2.45, 2.75) is 19.1 Å². The fourth-order valence-electron chi connectivity index (χ4n) is 1.63. The van der Waals surface area contributed by atoms with E-state index in [2.05, 4.69) is 31.9 Å². The van der Waals surface area contributed by atoms with Gasteiger partial charge >= 0.3 is 0 Å². The van der Waals surface area contributed by atoms with Gasteiger partial charge in [0.05, 0.1) is 10.0 Å². The number of rotatable bonds is 4. The van der Waals surface area contributed by atoms with E-state index in [-0.39, 0.29) is 12.1 Å². The molecule has 20 heavy (non-hydrogen) atoms. The third-order valence-corrected chi connectivity index (χ3v) is 5.82. The molecule has 2 rings (SSSR count).